The lowest BCUT2D eigenvalue weighted by molar-refractivity contribution is 0.240. The number of nitrogens with one attached hydrogen (secondary N) is 1. The van der Waals surface area contributed by atoms with Crippen molar-refractivity contribution in [1.82, 2.24) is 5.48 Å². The van der Waals surface area contributed by atoms with Gasteiger partial charge in [0.05, 0.1) is 0 Å². The number of aliphatic imine (C=N–C) groups is 1. The Hall–Kier alpha value is -1.26. The maximum Gasteiger partial charge on any atom is 0.135 e. The van der Waals surface area contributed by atoms with Crippen LogP contribution in [0.5, 0.6) is 0 Å². The van der Waals surface area contributed by atoms with Gasteiger partial charge in [-0.25, -0.2) is 4.99 Å². The van der Waals surface area contributed by atoms with E-state index in [1.54, 1.807) is 5.48 Å². The maximum absolute atomic E-state index is 8.20. The lowest BCUT2D eigenvalue weighted by Gasteiger charge is -1.95. The molecule has 0 unspecified atom stereocenters. The molecule has 0 aliphatic rings. The van der Waals surface area contributed by atoms with Crippen LogP contribution >= 0.6 is 12.2 Å². The Morgan fingerprint density at radius 1 is 1.42 bits per heavy atom. The largest absolute Gasteiger partial charge is 0.290 e. The van der Waals surface area contributed by atoms with Gasteiger partial charge in [0.2, 0.25) is 0 Å². The van der Waals surface area contributed by atoms with Gasteiger partial charge in [0, 0.05) is 5.56 Å². The minimum atomic E-state index is 0.442. The molecule has 4 heteroatoms. The predicted molar refractivity (Wildman–Crippen MR) is 51.6 cm³/mol. The molecule has 0 radical (unpaired) electrons. The molecule has 0 saturated heterocycles. The van der Waals surface area contributed by atoms with Gasteiger partial charge in [0.15, 0.2) is 0 Å². The average Bonchev–Trinajstić information content (AvgIpc) is 2.15. The average molecular weight is 180 g/mol. The van der Waals surface area contributed by atoms with E-state index in [1.165, 1.54) is 0 Å². The van der Waals surface area contributed by atoms with E-state index < -0.39 is 0 Å². The summed E-state index contributed by atoms with van der Waals surface area (Å²) in [5, 5.41) is 8.20. The molecule has 1 rings (SSSR count). The van der Waals surface area contributed by atoms with Crippen LogP contribution in [0.1, 0.15) is 5.56 Å². The molecule has 0 spiro atoms. The second kappa shape index (κ2) is 4.58. The van der Waals surface area contributed by atoms with E-state index in [9.17, 15) is 0 Å². The van der Waals surface area contributed by atoms with E-state index >= 15 is 0 Å². The van der Waals surface area contributed by atoms with Gasteiger partial charge in [-0.05, 0) is 0 Å². The lowest BCUT2D eigenvalue weighted by atomic mass is 10.2. The molecule has 0 aliphatic carbocycles. The molecule has 1 aromatic carbocycles. The van der Waals surface area contributed by atoms with Gasteiger partial charge in [-0.15, -0.1) is 0 Å². The molecular weight excluding hydrogens is 172 g/mol. The van der Waals surface area contributed by atoms with Gasteiger partial charge in [-0.1, -0.05) is 42.5 Å². The van der Waals surface area contributed by atoms with Crippen LogP contribution in [0.2, 0.25) is 0 Å². The van der Waals surface area contributed by atoms with Crippen LogP contribution in [0.3, 0.4) is 0 Å². The van der Waals surface area contributed by atoms with Crippen LogP contribution in [-0.2, 0) is 0 Å². The van der Waals surface area contributed by atoms with Crippen LogP contribution in [0.4, 0.5) is 0 Å². The topological polar surface area (TPSA) is 44.6 Å². The fourth-order valence-corrected chi connectivity index (χ4v) is 0.932. The fraction of sp³-hybridized carbons (Fsp3) is 0. The quantitative estimate of drug-likeness (QED) is 0.313. The summed E-state index contributed by atoms with van der Waals surface area (Å²) in [6.45, 7) is 0. The van der Waals surface area contributed by atoms with E-state index in [2.05, 4.69) is 4.99 Å². The van der Waals surface area contributed by atoms with Gasteiger partial charge in [-0.2, -0.15) is 0 Å². The minimum Gasteiger partial charge on any atom is -0.290 e. The first-order valence-electron chi connectivity index (χ1n) is 3.36. The van der Waals surface area contributed by atoms with Crippen LogP contribution < -0.4 is 5.48 Å². The summed E-state index contributed by atoms with van der Waals surface area (Å²) < 4.78 is 0. The molecule has 3 nitrogen and oxygen atoms in total. The van der Waals surface area contributed by atoms with Crippen molar-refractivity contribution < 1.29 is 5.21 Å². The van der Waals surface area contributed by atoms with E-state index in [0.717, 1.165) is 11.9 Å². The SMILES string of the molecule is ONC=NC(=S)c1ccccc1. The van der Waals surface area contributed by atoms with Crippen LogP contribution in [0.15, 0.2) is 35.3 Å². The molecule has 0 saturated carbocycles. The second-order valence-electron chi connectivity index (χ2n) is 2.06. The molecule has 0 atom stereocenters. The Bertz CT molecular complexity index is 284. The summed E-state index contributed by atoms with van der Waals surface area (Å²) in [4.78, 5) is 4.20. The molecule has 12 heavy (non-hydrogen) atoms. The van der Waals surface area contributed by atoms with Crippen LogP contribution in [-0.4, -0.2) is 16.5 Å². The Labute approximate surface area is 75.7 Å². The first-order chi connectivity index (χ1) is 5.84. The summed E-state index contributed by atoms with van der Waals surface area (Å²) >= 11 is 4.94. The molecule has 0 amide bonds. The number of benzene rings is 1. The van der Waals surface area contributed by atoms with E-state index in [4.69, 9.17) is 17.4 Å². The van der Waals surface area contributed by atoms with Gasteiger partial charge < -0.3 is 0 Å². The third kappa shape index (κ3) is 2.41. The van der Waals surface area contributed by atoms with Crippen molar-refractivity contribution in [3.05, 3.63) is 35.9 Å². The van der Waals surface area contributed by atoms with E-state index in [1.807, 2.05) is 30.3 Å². The lowest BCUT2D eigenvalue weighted by Crippen LogP contribution is -2.04. The van der Waals surface area contributed by atoms with Gasteiger partial charge in [-0.3, -0.25) is 10.7 Å². The molecular formula is C8H8N2OS. The highest BCUT2D eigenvalue weighted by molar-refractivity contribution is 7.80. The first-order valence-corrected chi connectivity index (χ1v) is 3.77. The molecule has 0 aliphatic heterocycles. The summed E-state index contributed by atoms with van der Waals surface area (Å²) in [6, 6.07) is 9.38. The van der Waals surface area contributed by atoms with Crippen molar-refractivity contribution >= 4 is 23.5 Å². The molecule has 0 aromatic heterocycles. The minimum absolute atomic E-state index is 0.442. The number of hydroxylamine groups is 1. The van der Waals surface area contributed by atoms with E-state index in [0.29, 0.717) is 4.99 Å². The molecule has 1 aromatic rings. The van der Waals surface area contributed by atoms with Crippen molar-refractivity contribution in [2.24, 2.45) is 4.99 Å². The summed E-state index contributed by atoms with van der Waals surface area (Å²) in [7, 11) is 0. The predicted octanol–water partition coefficient (Wildman–Crippen LogP) is 1.37. The Kier molecular flexibility index (Phi) is 3.37. The van der Waals surface area contributed by atoms with Crippen LogP contribution in [0.25, 0.3) is 0 Å². The van der Waals surface area contributed by atoms with E-state index in [-0.39, 0.29) is 0 Å². The van der Waals surface area contributed by atoms with Gasteiger partial charge in [0.1, 0.15) is 11.3 Å². The van der Waals surface area contributed by atoms with Crippen molar-refractivity contribution in [1.29, 1.82) is 0 Å². The number of rotatable bonds is 2. The normalized spacial score (nSPS) is 10.1. The highest BCUT2D eigenvalue weighted by Gasteiger charge is 1.94. The smallest absolute Gasteiger partial charge is 0.135 e. The van der Waals surface area contributed by atoms with Crippen molar-refractivity contribution in [3.63, 3.8) is 0 Å². The molecule has 0 bridgehead atoms. The summed E-state index contributed by atoms with van der Waals surface area (Å²) in [6.07, 6.45) is 1.13. The standard InChI is InChI=1S/C8H8N2OS/c11-10-6-9-8(12)7-4-2-1-3-5-7/h1-6,11H,(H,9,10,12). The Morgan fingerprint density at radius 3 is 2.67 bits per heavy atom. The maximum atomic E-state index is 8.20. The number of hydrogen-bond donors (Lipinski definition) is 2. The number of hydrogen-bond acceptors (Lipinski definition) is 2. The van der Waals surface area contributed by atoms with Crippen molar-refractivity contribution in [2.45, 2.75) is 0 Å². The van der Waals surface area contributed by atoms with Gasteiger partial charge in [0.25, 0.3) is 0 Å². The highest BCUT2D eigenvalue weighted by atomic mass is 32.1. The zero-order valence-corrected chi connectivity index (χ0v) is 7.08. The van der Waals surface area contributed by atoms with Crippen molar-refractivity contribution in [2.75, 3.05) is 0 Å². The Morgan fingerprint density at radius 2 is 2.08 bits per heavy atom. The van der Waals surface area contributed by atoms with Crippen molar-refractivity contribution in [3.8, 4) is 0 Å². The fourth-order valence-electron chi connectivity index (χ4n) is 0.743. The third-order valence-electron chi connectivity index (χ3n) is 1.26. The van der Waals surface area contributed by atoms with Gasteiger partial charge >= 0.3 is 0 Å². The third-order valence-corrected chi connectivity index (χ3v) is 1.60. The first kappa shape index (κ1) is 8.83. The number of thiocarbonyl (C=S) groups is 1. The second-order valence-corrected chi connectivity index (χ2v) is 2.45. The summed E-state index contributed by atoms with van der Waals surface area (Å²) in [5.74, 6) is 0. The molecule has 62 valence electrons. The molecule has 0 fully saturated rings. The molecule has 2 N–H and O–H groups in total. The molecule has 0 heterocycles. The number of nitrogens with zero attached hydrogens (tertiary/aromatic N) is 1. The Balaban J connectivity index is 2.72. The van der Waals surface area contributed by atoms with Crippen LogP contribution in [0, 0.1) is 0 Å². The zero-order chi connectivity index (χ0) is 8.81. The highest BCUT2D eigenvalue weighted by Crippen LogP contribution is 2.01. The monoisotopic (exact) mass is 180 g/mol. The zero-order valence-electron chi connectivity index (χ0n) is 6.27. The summed E-state index contributed by atoms with van der Waals surface area (Å²) in [5.41, 5.74) is 2.65.